The average Bonchev–Trinajstić information content (AvgIpc) is 3.38. The van der Waals surface area contributed by atoms with E-state index < -0.39 is 40.4 Å². The number of carbonyl (C=O) groups is 3. The summed E-state index contributed by atoms with van der Waals surface area (Å²) in [5.41, 5.74) is 5.17. The molecule has 2 heterocycles. The quantitative estimate of drug-likeness (QED) is 0.154. The highest BCUT2D eigenvalue weighted by molar-refractivity contribution is 5.98. The molecule has 2 aromatic heterocycles. The van der Waals surface area contributed by atoms with Gasteiger partial charge in [-0.25, -0.2) is 19.0 Å². The lowest BCUT2D eigenvalue weighted by Gasteiger charge is -2.15. The summed E-state index contributed by atoms with van der Waals surface area (Å²) in [6, 6.07) is 13.1. The zero-order valence-electron chi connectivity index (χ0n) is 21.7. The van der Waals surface area contributed by atoms with Crippen LogP contribution in [-0.2, 0) is 6.54 Å². The number of carboxylic acid groups (broad SMARTS) is 1. The Morgan fingerprint density at radius 2 is 1.76 bits per heavy atom. The fourth-order valence-electron chi connectivity index (χ4n) is 4.11. The summed E-state index contributed by atoms with van der Waals surface area (Å²) >= 11 is 0. The van der Waals surface area contributed by atoms with Crippen molar-refractivity contribution < 1.29 is 24.0 Å². The van der Waals surface area contributed by atoms with Gasteiger partial charge in [-0.05, 0) is 53.5 Å². The van der Waals surface area contributed by atoms with Gasteiger partial charge in [0.25, 0.3) is 28.4 Å². The topological polar surface area (TPSA) is 228 Å². The molecule has 0 radical (unpaired) electrons. The summed E-state index contributed by atoms with van der Waals surface area (Å²) in [6.07, 6.45) is 0. The van der Waals surface area contributed by atoms with E-state index in [4.69, 9.17) is 10.8 Å². The molecular weight excluding hydrogens is 550 g/mol. The fraction of sp³-hybridized carbons (Fsp3) is 0.111. The van der Waals surface area contributed by atoms with E-state index in [9.17, 15) is 28.8 Å². The molecule has 0 unspecified atom stereocenters. The maximum Gasteiger partial charge on any atom is 0.448 e. The number of nitrogens with one attached hydrogen (secondary N) is 3. The van der Waals surface area contributed by atoms with Crippen molar-refractivity contribution in [2.75, 3.05) is 11.1 Å². The van der Waals surface area contributed by atoms with Crippen molar-refractivity contribution in [3.05, 3.63) is 114 Å². The van der Waals surface area contributed by atoms with Gasteiger partial charge < -0.3 is 26.8 Å². The monoisotopic (exact) mass is 571 g/mol. The number of rotatable bonds is 9. The summed E-state index contributed by atoms with van der Waals surface area (Å²) in [6.45, 7) is 1.65. The summed E-state index contributed by atoms with van der Waals surface area (Å²) in [7, 11) is 0. The maximum atomic E-state index is 13.2. The van der Waals surface area contributed by atoms with Gasteiger partial charge in [0.05, 0.1) is 11.6 Å². The van der Waals surface area contributed by atoms with E-state index in [1.54, 1.807) is 43.3 Å². The Morgan fingerprint density at radius 3 is 2.45 bits per heavy atom. The molecule has 0 aliphatic rings. The minimum absolute atomic E-state index is 0.00963. The molecule has 5 rings (SSSR count). The lowest BCUT2D eigenvalue weighted by Crippen LogP contribution is -2.36. The Labute approximate surface area is 234 Å². The SMILES string of the molecule is C[C@@H](NC(=O)c1cc(C(=O)NCc2cccc(Nc3c(N)c(=O)c3=O)c2)n2c(=O)onc2n1)c1ccc(C(=O)O)cc1. The predicted octanol–water partition coefficient (Wildman–Crippen LogP) is 0.724. The smallest absolute Gasteiger partial charge is 0.448 e. The number of hydrogen-bond acceptors (Lipinski definition) is 11. The van der Waals surface area contributed by atoms with Gasteiger partial charge in [-0.2, -0.15) is 0 Å². The Morgan fingerprint density at radius 1 is 1.02 bits per heavy atom. The van der Waals surface area contributed by atoms with Crippen molar-refractivity contribution in [1.82, 2.24) is 25.2 Å². The first-order valence-corrected chi connectivity index (χ1v) is 12.3. The first-order chi connectivity index (χ1) is 20.0. The number of aromatic carboxylic acids is 1. The third-order valence-electron chi connectivity index (χ3n) is 6.39. The summed E-state index contributed by atoms with van der Waals surface area (Å²) in [5, 5.41) is 20.7. The number of carbonyl (C=O) groups excluding carboxylic acids is 2. The van der Waals surface area contributed by atoms with Crippen molar-refractivity contribution >= 4 is 40.6 Å². The summed E-state index contributed by atoms with van der Waals surface area (Å²) in [5.74, 6) is -3.82. The van der Waals surface area contributed by atoms with E-state index in [1.165, 1.54) is 12.1 Å². The first kappa shape index (κ1) is 27.4. The van der Waals surface area contributed by atoms with E-state index in [0.717, 1.165) is 10.5 Å². The highest BCUT2D eigenvalue weighted by Gasteiger charge is 2.22. The molecule has 0 spiro atoms. The van der Waals surface area contributed by atoms with Crippen LogP contribution >= 0.6 is 0 Å². The Balaban J connectivity index is 1.33. The number of nitrogens with zero attached hydrogens (tertiary/aromatic N) is 3. The molecule has 0 saturated heterocycles. The average molecular weight is 572 g/mol. The molecule has 42 heavy (non-hydrogen) atoms. The number of benzene rings is 2. The first-order valence-electron chi connectivity index (χ1n) is 12.3. The van der Waals surface area contributed by atoms with Crippen LogP contribution in [-0.4, -0.2) is 37.4 Å². The van der Waals surface area contributed by atoms with E-state index in [1.807, 2.05) is 0 Å². The second-order valence-corrected chi connectivity index (χ2v) is 9.19. The van der Waals surface area contributed by atoms with Crippen molar-refractivity contribution in [1.29, 1.82) is 0 Å². The summed E-state index contributed by atoms with van der Waals surface area (Å²) < 4.78 is 5.45. The minimum Gasteiger partial charge on any atom is -0.478 e. The van der Waals surface area contributed by atoms with Gasteiger partial charge in [-0.15, -0.1) is 0 Å². The number of carboxylic acids is 1. The van der Waals surface area contributed by atoms with Gasteiger partial charge in [0, 0.05) is 12.2 Å². The van der Waals surface area contributed by atoms with Crippen LogP contribution in [0.5, 0.6) is 0 Å². The largest absolute Gasteiger partial charge is 0.478 e. The molecule has 15 heteroatoms. The Hall–Kier alpha value is -6.12. The number of aromatic nitrogens is 3. The molecule has 2 amide bonds. The van der Waals surface area contributed by atoms with Crippen LogP contribution in [0.15, 0.2) is 73.5 Å². The fourth-order valence-corrected chi connectivity index (χ4v) is 4.11. The lowest BCUT2D eigenvalue weighted by molar-refractivity contribution is 0.0696. The number of nitrogens with two attached hydrogens (primary N) is 1. The molecule has 0 aliphatic carbocycles. The van der Waals surface area contributed by atoms with Crippen molar-refractivity contribution in [2.45, 2.75) is 19.5 Å². The highest BCUT2D eigenvalue weighted by Crippen LogP contribution is 2.19. The van der Waals surface area contributed by atoms with E-state index in [-0.39, 0.29) is 40.6 Å². The lowest BCUT2D eigenvalue weighted by atomic mass is 10.1. The second kappa shape index (κ2) is 10.8. The standard InChI is InChI=1S/C27H21N7O8/c1-12(14-5-7-15(8-6-14)25(39)40)30-23(37)17-10-18(34-26(32-17)33-42-27(34)41)24(38)29-11-13-3-2-4-16(9-13)31-20-19(28)21(35)22(20)36/h2-10,12,31H,11,28H2,1H3,(H,29,38)(H,30,37)(H,39,40)/t12-/m1/s1. The molecule has 3 aromatic carbocycles. The normalized spacial score (nSPS) is 11.7. The van der Waals surface area contributed by atoms with Crippen LogP contribution in [0.3, 0.4) is 0 Å². The molecule has 15 nitrogen and oxygen atoms in total. The van der Waals surface area contributed by atoms with E-state index in [2.05, 4.69) is 30.6 Å². The summed E-state index contributed by atoms with van der Waals surface area (Å²) in [4.78, 5) is 76.6. The number of amides is 2. The van der Waals surface area contributed by atoms with Crippen LogP contribution in [0.1, 0.15) is 55.4 Å². The number of hydrogen-bond donors (Lipinski definition) is 5. The molecule has 0 bridgehead atoms. The van der Waals surface area contributed by atoms with Crippen LogP contribution in [0, 0.1) is 0 Å². The Kier molecular flexibility index (Phi) is 7.06. The van der Waals surface area contributed by atoms with Gasteiger partial charge in [-0.3, -0.25) is 23.7 Å². The molecule has 0 fully saturated rings. The Bertz CT molecular complexity index is 2000. The van der Waals surface area contributed by atoms with Crippen LogP contribution < -0.4 is 38.3 Å². The van der Waals surface area contributed by atoms with Crippen LogP contribution in [0.25, 0.3) is 5.78 Å². The van der Waals surface area contributed by atoms with Gasteiger partial charge >= 0.3 is 11.7 Å². The van der Waals surface area contributed by atoms with E-state index >= 15 is 0 Å². The zero-order chi connectivity index (χ0) is 30.1. The van der Waals surface area contributed by atoms with E-state index in [0.29, 0.717) is 16.8 Å². The molecule has 5 aromatic rings. The minimum atomic E-state index is -1.08. The van der Waals surface area contributed by atoms with Gasteiger partial charge in [0.1, 0.15) is 22.8 Å². The second-order valence-electron chi connectivity index (χ2n) is 9.19. The highest BCUT2D eigenvalue weighted by atomic mass is 16.5. The third-order valence-corrected chi connectivity index (χ3v) is 6.39. The molecule has 0 saturated carbocycles. The van der Waals surface area contributed by atoms with Crippen molar-refractivity contribution in [2.24, 2.45) is 0 Å². The molecular formula is C27H21N7O8. The van der Waals surface area contributed by atoms with Crippen LogP contribution in [0.2, 0.25) is 0 Å². The number of fused-ring (bicyclic) bond motifs is 1. The number of nitrogen functional groups attached to an aromatic ring is 1. The van der Waals surface area contributed by atoms with Crippen molar-refractivity contribution in [3.8, 4) is 0 Å². The maximum absolute atomic E-state index is 13.2. The molecule has 212 valence electrons. The van der Waals surface area contributed by atoms with Gasteiger partial charge in [-0.1, -0.05) is 24.3 Å². The zero-order valence-corrected chi connectivity index (χ0v) is 21.7. The number of anilines is 3. The third kappa shape index (κ3) is 5.21. The predicted molar refractivity (Wildman–Crippen MR) is 147 cm³/mol. The molecule has 6 N–H and O–H groups in total. The van der Waals surface area contributed by atoms with Crippen molar-refractivity contribution in [3.63, 3.8) is 0 Å². The van der Waals surface area contributed by atoms with Crippen LogP contribution in [0.4, 0.5) is 17.1 Å². The molecule has 1 atom stereocenters. The van der Waals surface area contributed by atoms with Gasteiger partial charge in [0.15, 0.2) is 0 Å². The van der Waals surface area contributed by atoms with Gasteiger partial charge in [0.2, 0.25) is 0 Å². The molecule has 0 aliphatic heterocycles.